The van der Waals surface area contributed by atoms with Gasteiger partial charge in [0.15, 0.2) is 0 Å². The molecule has 1 spiro atoms. The molecule has 0 radical (unpaired) electrons. The maximum atomic E-state index is 12.8. The smallest absolute Gasteiger partial charge is 0.249 e. The van der Waals surface area contributed by atoms with Crippen LogP contribution in [-0.2, 0) is 14.3 Å². The van der Waals surface area contributed by atoms with Crippen LogP contribution >= 0.6 is 0 Å². The van der Waals surface area contributed by atoms with Crippen LogP contribution in [-0.4, -0.2) is 48.6 Å². The van der Waals surface area contributed by atoms with E-state index < -0.39 is 5.54 Å². The number of nitrogens with one attached hydrogen (secondary N) is 1. The van der Waals surface area contributed by atoms with Crippen LogP contribution in [0, 0.1) is 0 Å². The van der Waals surface area contributed by atoms with Gasteiger partial charge in [0.25, 0.3) is 0 Å². The third kappa shape index (κ3) is 2.82. The minimum atomic E-state index is -0.593. The van der Waals surface area contributed by atoms with Gasteiger partial charge in [-0.1, -0.05) is 19.8 Å². The number of piperazine rings is 1. The Balaban J connectivity index is 2.07. The predicted octanol–water partition coefficient (Wildman–Crippen LogP) is 1.46. The summed E-state index contributed by atoms with van der Waals surface area (Å²) in [6, 6.07) is -0.295. The van der Waals surface area contributed by atoms with Gasteiger partial charge in [0.1, 0.15) is 11.6 Å². The zero-order valence-corrected chi connectivity index (χ0v) is 12.6. The van der Waals surface area contributed by atoms with Crippen molar-refractivity contribution in [2.45, 2.75) is 63.5 Å². The average molecular weight is 282 g/mol. The number of carbonyl (C=O) groups excluding carboxylic acids is 2. The van der Waals surface area contributed by atoms with Crippen LogP contribution < -0.4 is 5.32 Å². The first-order chi connectivity index (χ1) is 9.64. The van der Waals surface area contributed by atoms with Gasteiger partial charge in [-0.15, -0.1) is 0 Å². The largest absolute Gasteiger partial charge is 0.385 e. The van der Waals surface area contributed by atoms with E-state index in [-0.39, 0.29) is 17.9 Å². The van der Waals surface area contributed by atoms with E-state index in [0.29, 0.717) is 19.6 Å². The summed E-state index contributed by atoms with van der Waals surface area (Å²) in [4.78, 5) is 26.9. The van der Waals surface area contributed by atoms with E-state index in [1.54, 1.807) is 7.11 Å². The zero-order chi connectivity index (χ0) is 14.6. The molecule has 2 fully saturated rings. The average Bonchev–Trinajstić information content (AvgIpc) is 2.89. The second-order valence-corrected chi connectivity index (χ2v) is 5.90. The molecule has 1 saturated carbocycles. The minimum absolute atomic E-state index is 0.0285. The van der Waals surface area contributed by atoms with Crippen molar-refractivity contribution >= 4 is 11.8 Å². The lowest BCUT2D eigenvalue weighted by atomic mass is 9.90. The molecule has 1 unspecified atom stereocenters. The summed E-state index contributed by atoms with van der Waals surface area (Å²) in [7, 11) is 1.68. The van der Waals surface area contributed by atoms with E-state index in [0.717, 1.165) is 38.5 Å². The van der Waals surface area contributed by atoms with Crippen molar-refractivity contribution < 1.29 is 14.3 Å². The van der Waals surface area contributed by atoms with E-state index >= 15 is 0 Å². The van der Waals surface area contributed by atoms with Gasteiger partial charge in [0.2, 0.25) is 11.8 Å². The number of rotatable bonds is 6. The van der Waals surface area contributed by atoms with Gasteiger partial charge in [-0.2, -0.15) is 0 Å². The Bertz CT molecular complexity index is 364. The molecule has 1 heterocycles. The Hall–Kier alpha value is -1.10. The Morgan fingerprint density at radius 2 is 2.00 bits per heavy atom. The number of unbranched alkanes of at least 4 members (excludes halogenated alkanes) is 1. The van der Waals surface area contributed by atoms with Gasteiger partial charge in [-0.25, -0.2) is 0 Å². The number of ether oxygens (including phenoxy) is 1. The quantitative estimate of drug-likeness (QED) is 0.750. The van der Waals surface area contributed by atoms with E-state index in [4.69, 9.17) is 4.74 Å². The molecule has 1 saturated heterocycles. The molecular formula is C15H26N2O3. The van der Waals surface area contributed by atoms with Crippen molar-refractivity contribution in [3.63, 3.8) is 0 Å². The monoisotopic (exact) mass is 282 g/mol. The summed E-state index contributed by atoms with van der Waals surface area (Å²) in [5.41, 5.74) is -0.593. The van der Waals surface area contributed by atoms with E-state index in [1.165, 1.54) is 0 Å². The lowest BCUT2D eigenvalue weighted by Crippen LogP contribution is -2.69. The summed E-state index contributed by atoms with van der Waals surface area (Å²) in [5.74, 6) is 0.166. The molecule has 1 aliphatic heterocycles. The highest BCUT2D eigenvalue weighted by Gasteiger charge is 2.51. The van der Waals surface area contributed by atoms with Crippen molar-refractivity contribution in [2.24, 2.45) is 0 Å². The fourth-order valence-corrected chi connectivity index (χ4v) is 3.44. The summed E-state index contributed by atoms with van der Waals surface area (Å²) >= 11 is 0. The van der Waals surface area contributed by atoms with E-state index in [9.17, 15) is 9.59 Å². The SMILES string of the molecule is CCC1C(=O)NC2(CCCC2)C(=O)N1CCCCOC. The molecule has 0 aromatic rings. The van der Waals surface area contributed by atoms with Crippen LogP contribution in [0.2, 0.25) is 0 Å². The van der Waals surface area contributed by atoms with E-state index in [1.807, 2.05) is 11.8 Å². The second kappa shape index (κ2) is 6.57. The predicted molar refractivity (Wildman–Crippen MR) is 76.2 cm³/mol. The number of nitrogens with zero attached hydrogens (tertiary/aromatic N) is 1. The first-order valence-electron chi connectivity index (χ1n) is 7.76. The first kappa shape index (κ1) is 15.3. The third-order valence-electron chi connectivity index (χ3n) is 4.55. The lowest BCUT2D eigenvalue weighted by Gasteiger charge is -2.44. The summed E-state index contributed by atoms with van der Waals surface area (Å²) in [6.07, 6.45) is 6.13. The highest BCUT2D eigenvalue weighted by molar-refractivity contribution is 6.00. The first-order valence-corrected chi connectivity index (χ1v) is 7.76. The second-order valence-electron chi connectivity index (χ2n) is 5.90. The fraction of sp³-hybridized carbons (Fsp3) is 0.867. The Morgan fingerprint density at radius 3 is 2.60 bits per heavy atom. The van der Waals surface area contributed by atoms with Crippen LogP contribution in [0.4, 0.5) is 0 Å². The van der Waals surface area contributed by atoms with Gasteiger partial charge in [0, 0.05) is 20.3 Å². The Labute approximate surface area is 121 Å². The molecule has 114 valence electrons. The number of amides is 2. The van der Waals surface area contributed by atoms with Crippen LogP contribution in [0.5, 0.6) is 0 Å². The van der Waals surface area contributed by atoms with Crippen LogP contribution in [0.1, 0.15) is 51.9 Å². The maximum absolute atomic E-state index is 12.8. The fourth-order valence-electron chi connectivity index (χ4n) is 3.44. The number of hydrogen-bond acceptors (Lipinski definition) is 3. The van der Waals surface area contributed by atoms with Crippen molar-refractivity contribution in [1.29, 1.82) is 0 Å². The summed E-state index contributed by atoms with van der Waals surface area (Å²) < 4.78 is 5.04. The van der Waals surface area contributed by atoms with Gasteiger partial charge in [-0.05, 0) is 32.1 Å². The number of hydrogen-bond donors (Lipinski definition) is 1. The van der Waals surface area contributed by atoms with Crippen molar-refractivity contribution in [3.05, 3.63) is 0 Å². The molecule has 0 bridgehead atoms. The molecular weight excluding hydrogens is 256 g/mol. The molecule has 5 nitrogen and oxygen atoms in total. The molecule has 5 heteroatoms. The molecule has 1 N–H and O–H groups in total. The normalized spacial score (nSPS) is 25.3. The lowest BCUT2D eigenvalue weighted by molar-refractivity contribution is -0.155. The summed E-state index contributed by atoms with van der Waals surface area (Å²) in [5, 5.41) is 3.02. The molecule has 0 aromatic heterocycles. The van der Waals surface area contributed by atoms with Gasteiger partial charge in [-0.3, -0.25) is 9.59 Å². The van der Waals surface area contributed by atoms with Crippen LogP contribution in [0.25, 0.3) is 0 Å². The molecule has 2 amide bonds. The minimum Gasteiger partial charge on any atom is -0.385 e. The van der Waals surface area contributed by atoms with Crippen molar-refractivity contribution in [1.82, 2.24) is 10.2 Å². The molecule has 0 aromatic carbocycles. The standard InChI is InChI=1S/C15H26N2O3/c1-3-12-13(18)16-15(8-4-5-9-15)14(19)17(12)10-6-7-11-20-2/h12H,3-11H2,1-2H3,(H,16,18). The number of methoxy groups -OCH3 is 1. The van der Waals surface area contributed by atoms with Crippen LogP contribution in [0.15, 0.2) is 0 Å². The van der Waals surface area contributed by atoms with Gasteiger partial charge in [0.05, 0.1) is 0 Å². The Morgan fingerprint density at radius 1 is 1.30 bits per heavy atom. The highest BCUT2D eigenvalue weighted by atomic mass is 16.5. The van der Waals surface area contributed by atoms with E-state index in [2.05, 4.69) is 5.32 Å². The topological polar surface area (TPSA) is 58.6 Å². The molecule has 1 aliphatic carbocycles. The Kier molecular flexibility index (Phi) is 5.02. The number of carbonyl (C=O) groups is 2. The van der Waals surface area contributed by atoms with Crippen molar-refractivity contribution in [3.8, 4) is 0 Å². The zero-order valence-electron chi connectivity index (χ0n) is 12.6. The van der Waals surface area contributed by atoms with Crippen LogP contribution in [0.3, 0.4) is 0 Å². The molecule has 20 heavy (non-hydrogen) atoms. The third-order valence-corrected chi connectivity index (χ3v) is 4.55. The molecule has 2 aliphatic rings. The highest BCUT2D eigenvalue weighted by Crippen LogP contribution is 2.35. The summed E-state index contributed by atoms with van der Waals surface area (Å²) in [6.45, 7) is 3.33. The molecule has 1 atom stereocenters. The van der Waals surface area contributed by atoms with Gasteiger partial charge >= 0.3 is 0 Å². The maximum Gasteiger partial charge on any atom is 0.249 e. The van der Waals surface area contributed by atoms with Gasteiger partial charge < -0.3 is 15.0 Å². The molecule has 2 rings (SSSR count). The van der Waals surface area contributed by atoms with Crippen molar-refractivity contribution in [2.75, 3.05) is 20.3 Å².